The van der Waals surface area contributed by atoms with Crippen molar-refractivity contribution in [2.45, 2.75) is 6.42 Å². The van der Waals surface area contributed by atoms with E-state index in [0.29, 0.717) is 22.8 Å². The zero-order valence-corrected chi connectivity index (χ0v) is 15.3. The van der Waals surface area contributed by atoms with Crippen molar-refractivity contribution in [2.24, 2.45) is 5.73 Å². The largest absolute Gasteiger partial charge is 0.369 e. The first kappa shape index (κ1) is 18.0. The van der Waals surface area contributed by atoms with Crippen LogP contribution >= 0.6 is 0 Å². The molecule has 0 unspecified atom stereocenters. The molecule has 4 aromatic rings. The summed E-state index contributed by atoms with van der Waals surface area (Å²) >= 11 is 0. The number of amides is 1. The second kappa shape index (κ2) is 7.70. The van der Waals surface area contributed by atoms with E-state index in [1.165, 1.54) is 10.7 Å². The van der Waals surface area contributed by atoms with Gasteiger partial charge in [0.15, 0.2) is 17.2 Å². The summed E-state index contributed by atoms with van der Waals surface area (Å²) in [6.45, 7) is 0. The van der Waals surface area contributed by atoms with Crippen LogP contribution in [0.5, 0.6) is 0 Å². The van der Waals surface area contributed by atoms with Crippen molar-refractivity contribution in [3.05, 3.63) is 78.1 Å². The van der Waals surface area contributed by atoms with Gasteiger partial charge in [0.2, 0.25) is 5.91 Å². The Morgan fingerprint density at radius 2 is 1.86 bits per heavy atom. The number of hydrogen-bond donors (Lipinski definition) is 3. The summed E-state index contributed by atoms with van der Waals surface area (Å²) in [6, 6.07) is 20.9. The summed E-state index contributed by atoms with van der Waals surface area (Å²) in [5, 5.41) is 20.4. The topological polar surface area (TPSA) is 121 Å². The number of nitrogens with one attached hydrogen (secondary N) is 2. The molecule has 2 aromatic heterocycles. The van der Waals surface area contributed by atoms with Gasteiger partial charge in [0, 0.05) is 17.4 Å². The lowest BCUT2D eigenvalue weighted by atomic mass is 10.1. The van der Waals surface area contributed by atoms with Crippen LogP contribution in [0, 0.1) is 11.3 Å². The van der Waals surface area contributed by atoms with Crippen molar-refractivity contribution in [3.8, 4) is 6.07 Å². The average Bonchev–Trinajstić information content (AvgIpc) is 3.12. The molecule has 1 amide bonds. The molecule has 8 heteroatoms. The third kappa shape index (κ3) is 3.99. The van der Waals surface area contributed by atoms with Crippen molar-refractivity contribution in [3.63, 3.8) is 0 Å². The number of para-hydroxylation sites is 1. The van der Waals surface area contributed by atoms with E-state index >= 15 is 0 Å². The van der Waals surface area contributed by atoms with E-state index in [0.717, 1.165) is 16.9 Å². The van der Waals surface area contributed by atoms with Crippen molar-refractivity contribution in [1.82, 2.24) is 14.6 Å². The lowest BCUT2D eigenvalue weighted by molar-refractivity contribution is -0.117. The SMILES string of the molecule is N#Cc1cnc2c(Nc3ccccc3)cc(Nc3cccc(CC(N)=O)c3)nn12. The van der Waals surface area contributed by atoms with Gasteiger partial charge >= 0.3 is 0 Å². The molecule has 0 saturated carbocycles. The van der Waals surface area contributed by atoms with Gasteiger partial charge in [-0.2, -0.15) is 9.78 Å². The molecule has 0 aliphatic rings. The number of imidazole rings is 1. The molecule has 2 heterocycles. The molecule has 0 bridgehead atoms. The summed E-state index contributed by atoms with van der Waals surface area (Å²) < 4.78 is 1.49. The Labute approximate surface area is 166 Å². The summed E-state index contributed by atoms with van der Waals surface area (Å²) in [5.74, 6) is 0.120. The molecule has 29 heavy (non-hydrogen) atoms. The smallest absolute Gasteiger partial charge is 0.221 e. The van der Waals surface area contributed by atoms with Gasteiger partial charge in [-0.05, 0) is 29.8 Å². The highest BCUT2D eigenvalue weighted by Crippen LogP contribution is 2.26. The van der Waals surface area contributed by atoms with Crippen LogP contribution in [0.4, 0.5) is 22.9 Å². The van der Waals surface area contributed by atoms with Gasteiger partial charge in [0.05, 0.1) is 18.3 Å². The molecular weight excluding hydrogens is 366 g/mol. The fraction of sp³-hybridized carbons (Fsp3) is 0.0476. The normalized spacial score (nSPS) is 10.4. The van der Waals surface area contributed by atoms with Crippen molar-refractivity contribution in [2.75, 3.05) is 10.6 Å². The van der Waals surface area contributed by atoms with Crippen LogP contribution < -0.4 is 16.4 Å². The van der Waals surface area contributed by atoms with Gasteiger partial charge in [-0.3, -0.25) is 4.79 Å². The Balaban J connectivity index is 1.73. The summed E-state index contributed by atoms with van der Waals surface area (Å²) in [5.41, 5.74) is 9.27. The number of aromatic nitrogens is 3. The molecule has 0 radical (unpaired) electrons. The number of primary amides is 1. The van der Waals surface area contributed by atoms with Gasteiger partial charge in [0.25, 0.3) is 0 Å². The molecule has 0 spiro atoms. The van der Waals surface area contributed by atoms with Crippen LogP contribution in [-0.2, 0) is 11.2 Å². The van der Waals surface area contributed by atoms with E-state index < -0.39 is 5.91 Å². The Bertz CT molecular complexity index is 1220. The maximum Gasteiger partial charge on any atom is 0.221 e. The molecule has 4 rings (SSSR count). The van der Waals surface area contributed by atoms with E-state index in [1.807, 2.05) is 60.7 Å². The fourth-order valence-electron chi connectivity index (χ4n) is 2.98. The number of nitriles is 1. The number of hydrogen-bond acceptors (Lipinski definition) is 6. The highest BCUT2D eigenvalue weighted by molar-refractivity contribution is 5.78. The highest BCUT2D eigenvalue weighted by atomic mass is 16.1. The van der Waals surface area contributed by atoms with E-state index in [9.17, 15) is 10.1 Å². The Morgan fingerprint density at radius 1 is 1.07 bits per heavy atom. The zero-order chi connectivity index (χ0) is 20.2. The molecular formula is C21H17N7O. The lowest BCUT2D eigenvalue weighted by Crippen LogP contribution is -2.13. The maximum absolute atomic E-state index is 11.2. The second-order valence-electron chi connectivity index (χ2n) is 6.39. The number of fused-ring (bicyclic) bond motifs is 1. The van der Waals surface area contributed by atoms with E-state index in [2.05, 4.69) is 26.8 Å². The number of nitrogens with zero attached hydrogens (tertiary/aromatic N) is 4. The first-order valence-electron chi connectivity index (χ1n) is 8.87. The second-order valence-corrected chi connectivity index (χ2v) is 6.39. The number of carbonyl (C=O) groups excluding carboxylic acids is 1. The molecule has 142 valence electrons. The van der Waals surface area contributed by atoms with Gasteiger partial charge in [-0.15, -0.1) is 5.10 Å². The van der Waals surface area contributed by atoms with Crippen molar-refractivity contribution >= 4 is 34.4 Å². The molecule has 0 saturated heterocycles. The number of benzene rings is 2. The summed E-state index contributed by atoms with van der Waals surface area (Å²) in [7, 11) is 0. The van der Waals surface area contributed by atoms with Crippen LogP contribution in [0.3, 0.4) is 0 Å². The van der Waals surface area contributed by atoms with Crippen LogP contribution in [-0.4, -0.2) is 20.5 Å². The van der Waals surface area contributed by atoms with Gasteiger partial charge in [0.1, 0.15) is 6.07 Å². The quantitative estimate of drug-likeness (QED) is 0.470. The third-order valence-electron chi connectivity index (χ3n) is 4.21. The first-order valence-corrected chi connectivity index (χ1v) is 8.87. The van der Waals surface area contributed by atoms with Crippen molar-refractivity contribution < 1.29 is 4.79 Å². The number of carbonyl (C=O) groups is 1. The minimum atomic E-state index is -0.395. The van der Waals surface area contributed by atoms with Crippen LogP contribution in [0.15, 0.2) is 66.9 Å². The Kier molecular flexibility index (Phi) is 4.78. The predicted octanol–water partition coefficient (Wildman–Crippen LogP) is 3.12. The molecule has 4 N–H and O–H groups in total. The number of anilines is 4. The zero-order valence-electron chi connectivity index (χ0n) is 15.3. The summed E-state index contributed by atoms with van der Waals surface area (Å²) in [4.78, 5) is 15.5. The van der Waals surface area contributed by atoms with E-state index in [-0.39, 0.29) is 6.42 Å². The van der Waals surface area contributed by atoms with Crippen LogP contribution in [0.25, 0.3) is 5.65 Å². The molecule has 0 aliphatic carbocycles. The Hall–Kier alpha value is -4.38. The minimum absolute atomic E-state index is 0.156. The van der Waals surface area contributed by atoms with E-state index in [1.54, 1.807) is 0 Å². The maximum atomic E-state index is 11.2. The lowest BCUT2D eigenvalue weighted by Gasteiger charge is -2.12. The molecule has 0 atom stereocenters. The van der Waals surface area contributed by atoms with Gasteiger partial charge in [-0.1, -0.05) is 30.3 Å². The fourth-order valence-corrected chi connectivity index (χ4v) is 2.98. The predicted molar refractivity (Wildman–Crippen MR) is 110 cm³/mol. The van der Waals surface area contributed by atoms with Gasteiger partial charge < -0.3 is 16.4 Å². The van der Waals surface area contributed by atoms with Crippen molar-refractivity contribution in [1.29, 1.82) is 5.26 Å². The van der Waals surface area contributed by atoms with Crippen LogP contribution in [0.2, 0.25) is 0 Å². The molecule has 0 aliphatic heterocycles. The number of nitrogens with two attached hydrogens (primary N) is 1. The molecule has 2 aromatic carbocycles. The van der Waals surface area contributed by atoms with Gasteiger partial charge in [-0.25, -0.2) is 4.98 Å². The standard InChI is InChI=1S/C21H17N7O/c22-12-17-13-24-21-18(25-15-6-2-1-3-7-15)11-20(27-28(17)21)26-16-8-4-5-14(9-16)10-19(23)29/h1-9,11,13,25H,10H2,(H2,23,29)(H,26,27). The van der Waals surface area contributed by atoms with Crippen LogP contribution in [0.1, 0.15) is 11.3 Å². The van der Waals surface area contributed by atoms with E-state index in [4.69, 9.17) is 5.73 Å². The average molecular weight is 383 g/mol. The summed E-state index contributed by atoms with van der Waals surface area (Å²) in [6.07, 6.45) is 1.64. The first-order chi connectivity index (χ1) is 14.1. The third-order valence-corrected chi connectivity index (χ3v) is 4.21. The molecule has 8 nitrogen and oxygen atoms in total. The highest BCUT2D eigenvalue weighted by Gasteiger charge is 2.12. The Morgan fingerprint density at radius 3 is 2.62 bits per heavy atom. The monoisotopic (exact) mass is 383 g/mol. The molecule has 0 fully saturated rings. The minimum Gasteiger partial charge on any atom is -0.369 e. The number of rotatable bonds is 6.